The van der Waals surface area contributed by atoms with Crippen LogP contribution in [0.25, 0.3) is 0 Å². The Bertz CT molecular complexity index is 1050. The van der Waals surface area contributed by atoms with Crippen molar-refractivity contribution in [3.63, 3.8) is 0 Å². The number of rotatable bonds is 5. The first-order valence-corrected chi connectivity index (χ1v) is 11.3. The fourth-order valence-corrected chi connectivity index (χ4v) is 4.38. The maximum absolute atomic E-state index is 14.0. The van der Waals surface area contributed by atoms with Gasteiger partial charge in [0.15, 0.2) is 11.8 Å². The average molecular weight is 522 g/mol. The molecule has 2 fully saturated rings. The van der Waals surface area contributed by atoms with Crippen molar-refractivity contribution in [1.29, 1.82) is 0 Å². The van der Waals surface area contributed by atoms with Crippen LogP contribution >= 0.6 is 23.2 Å². The molecule has 0 bridgehead atoms. The maximum Gasteiger partial charge on any atom is 0.421 e. The number of hydrogen-bond acceptors (Lipinski definition) is 4. The highest BCUT2D eigenvalue weighted by Gasteiger charge is 2.62. The van der Waals surface area contributed by atoms with Crippen molar-refractivity contribution in [1.82, 2.24) is 10.6 Å². The summed E-state index contributed by atoms with van der Waals surface area (Å²) in [5.41, 5.74) is -3.22. The minimum atomic E-state index is -4.64. The number of urea groups is 1. The highest BCUT2D eigenvalue weighted by molar-refractivity contribution is 6.30. The van der Waals surface area contributed by atoms with Crippen LogP contribution in [0.4, 0.5) is 28.0 Å². The number of para-hydroxylation sites is 1. The largest absolute Gasteiger partial charge is 0.473 e. The van der Waals surface area contributed by atoms with E-state index in [0.29, 0.717) is 12.8 Å². The Morgan fingerprint density at radius 1 is 1.21 bits per heavy atom. The number of piperidine rings is 1. The van der Waals surface area contributed by atoms with Crippen molar-refractivity contribution in [2.24, 2.45) is 0 Å². The number of benzene rings is 2. The predicted molar refractivity (Wildman–Crippen MR) is 119 cm³/mol. The fourth-order valence-electron chi connectivity index (χ4n) is 3.97. The van der Waals surface area contributed by atoms with Crippen molar-refractivity contribution in [3.8, 4) is 5.75 Å². The Labute approximate surface area is 202 Å². The van der Waals surface area contributed by atoms with Crippen LogP contribution in [0.3, 0.4) is 0 Å². The van der Waals surface area contributed by atoms with E-state index in [1.165, 1.54) is 30.3 Å². The van der Waals surface area contributed by atoms with E-state index in [0.717, 1.165) is 6.07 Å². The molecule has 0 spiro atoms. The van der Waals surface area contributed by atoms with E-state index >= 15 is 0 Å². The number of anilines is 1. The van der Waals surface area contributed by atoms with E-state index in [2.05, 4.69) is 16.0 Å². The quantitative estimate of drug-likeness (QED) is 0.276. The zero-order valence-corrected chi connectivity index (χ0v) is 19.1. The van der Waals surface area contributed by atoms with Crippen molar-refractivity contribution >= 4 is 34.9 Å². The summed E-state index contributed by atoms with van der Waals surface area (Å²) in [6.07, 6.45) is -5.00. The van der Waals surface area contributed by atoms with Gasteiger partial charge in [-0.2, -0.15) is 13.2 Å². The lowest BCUT2D eigenvalue weighted by atomic mass is 9.85. The number of nitrogens with one attached hydrogen (secondary N) is 3. The van der Waals surface area contributed by atoms with Gasteiger partial charge in [0.2, 0.25) is 0 Å². The van der Waals surface area contributed by atoms with Crippen molar-refractivity contribution in [3.05, 3.63) is 58.9 Å². The Kier molecular flexibility index (Phi) is 7.14. The first kappa shape index (κ1) is 24.8. The molecule has 2 aliphatic rings. The van der Waals surface area contributed by atoms with Gasteiger partial charge in [0.1, 0.15) is 11.6 Å². The van der Waals surface area contributed by atoms with Gasteiger partial charge in [-0.25, -0.2) is 9.18 Å². The molecule has 0 saturated carbocycles. The summed E-state index contributed by atoms with van der Waals surface area (Å²) in [6.45, 7) is -0.0229. The molecule has 2 heterocycles. The van der Waals surface area contributed by atoms with Crippen LogP contribution in [0.2, 0.25) is 5.02 Å². The number of carbonyl (C=O) groups excluding carboxylic acids is 1. The molecule has 6 nitrogen and oxygen atoms in total. The van der Waals surface area contributed by atoms with Crippen LogP contribution in [-0.4, -0.2) is 36.6 Å². The summed E-state index contributed by atoms with van der Waals surface area (Å²) in [6, 6.07) is 8.11. The minimum Gasteiger partial charge on any atom is -0.473 e. The van der Waals surface area contributed by atoms with Crippen LogP contribution in [0, 0.1) is 5.82 Å². The Morgan fingerprint density at radius 2 is 1.94 bits per heavy atom. The number of amides is 2. The number of carbonyl (C=O) groups is 1. The normalized spacial score (nSPS) is 26.9. The van der Waals surface area contributed by atoms with Gasteiger partial charge in [-0.15, -0.1) is 11.6 Å². The summed E-state index contributed by atoms with van der Waals surface area (Å²) < 4.78 is 66.5. The van der Waals surface area contributed by atoms with E-state index < -0.39 is 41.4 Å². The maximum atomic E-state index is 14.0. The molecule has 2 amide bonds. The standard InChI is InChI=1S/C22H21Cl2F4N3O3/c23-12-5-6-15(14(25)11-12)29-20(32)30-16-7-8-18(24)31-19(16)34-17-4-2-1-3-13(17)21(9-10-33-21)22(26,27)28/h1-6,11,16,18-19,31H,7-10H2,(H2,29,30,32). The third kappa shape index (κ3) is 5.05. The molecule has 0 radical (unpaired) electrons. The lowest BCUT2D eigenvalue weighted by molar-refractivity contribution is -0.334. The second-order valence-corrected chi connectivity index (χ2v) is 8.96. The van der Waals surface area contributed by atoms with E-state index in [1.54, 1.807) is 6.07 Å². The summed E-state index contributed by atoms with van der Waals surface area (Å²) in [5, 5.41) is 8.17. The Hall–Kier alpha value is -2.27. The van der Waals surface area contributed by atoms with Crippen LogP contribution in [0.15, 0.2) is 42.5 Å². The van der Waals surface area contributed by atoms with E-state index in [-0.39, 0.29) is 35.1 Å². The van der Waals surface area contributed by atoms with Gasteiger partial charge >= 0.3 is 12.2 Å². The summed E-state index contributed by atoms with van der Waals surface area (Å²) in [5.74, 6) is -0.760. The monoisotopic (exact) mass is 521 g/mol. The number of halogens is 6. The molecule has 4 unspecified atom stereocenters. The zero-order chi connectivity index (χ0) is 24.5. The predicted octanol–water partition coefficient (Wildman–Crippen LogP) is 5.50. The number of alkyl halides is 4. The molecule has 4 atom stereocenters. The molecule has 0 aliphatic carbocycles. The van der Waals surface area contributed by atoms with Crippen LogP contribution in [-0.2, 0) is 10.3 Å². The van der Waals surface area contributed by atoms with Crippen LogP contribution in [0.5, 0.6) is 5.75 Å². The number of ether oxygens (including phenoxy) is 2. The molecule has 2 aromatic carbocycles. The van der Waals surface area contributed by atoms with Gasteiger partial charge in [-0.1, -0.05) is 29.8 Å². The zero-order valence-electron chi connectivity index (χ0n) is 17.6. The third-order valence-electron chi connectivity index (χ3n) is 5.77. The molecule has 34 heavy (non-hydrogen) atoms. The summed E-state index contributed by atoms with van der Waals surface area (Å²) in [4.78, 5) is 12.5. The lowest BCUT2D eigenvalue weighted by Gasteiger charge is -2.44. The molecule has 2 aliphatic heterocycles. The summed E-state index contributed by atoms with van der Waals surface area (Å²) >= 11 is 11.9. The molecular weight excluding hydrogens is 501 g/mol. The molecule has 2 saturated heterocycles. The minimum absolute atomic E-state index is 0.0229. The van der Waals surface area contributed by atoms with E-state index in [1.807, 2.05) is 0 Å². The van der Waals surface area contributed by atoms with Crippen molar-refractivity contribution < 1.29 is 31.8 Å². The molecule has 184 valence electrons. The van der Waals surface area contributed by atoms with E-state index in [9.17, 15) is 22.4 Å². The topological polar surface area (TPSA) is 71.6 Å². The average Bonchev–Trinajstić information content (AvgIpc) is 2.71. The SMILES string of the molecule is O=C(Nc1ccc(Cl)cc1F)NC1CCC(Cl)NC1Oc1ccccc1C1(C(F)(F)F)CCO1. The van der Waals surface area contributed by atoms with Gasteiger partial charge in [-0.05, 0) is 37.1 Å². The first-order chi connectivity index (χ1) is 16.1. The first-order valence-electron chi connectivity index (χ1n) is 10.5. The van der Waals surface area contributed by atoms with Gasteiger partial charge in [0.05, 0.1) is 23.8 Å². The molecule has 4 rings (SSSR count). The smallest absolute Gasteiger partial charge is 0.421 e. The van der Waals surface area contributed by atoms with Crippen LogP contribution < -0.4 is 20.7 Å². The van der Waals surface area contributed by atoms with Crippen LogP contribution in [0.1, 0.15) is 24.8 Å². The fraction of sp³-hybridized carbons (Fsp3) is 0.409. The summed E-state index contributed by atoms with van der Waals surface area (Å²) in [7, 11) is 0. The Balaban J connectivity index is 1.52. The molecule has 3 N–H and O–H groups in total. The third-order valence-corrected chi connectivity index (χ3v) is 6.35. The van der Waals surface area contributed by atoms with Gasteiger partial charge in [0.25, 0.3) is 0 Å². The van der Waals surface area contributed by atoms with E-state index in [4.69, 9.17) is 32.7 Å². The molecule has 0 aromatic heterocycles. The molecule has 2 aromatic rings. The van der Waals surface area contributed by atoms with Gasteiger partial charge in [0, 0.05) is 17.0 Å². The second-order valence-electron chi connectivity index (χ2n) is 8.00. The van der Waals surface area contributed by atoms with Gasteiger partial charge < -0.3 is 20.1 Å². The highest BCUT2D eigenvalue weighted by Crippen LogP contribution is 2.52. The lowest BCUT2D eigenvalue weighted by Crippen LogP contribution is -2.59. The van der Waals surface area contributed by atoms with Crippen molar-refractivity contribution in [2.75, 3.05) is 11.9 Å². The highest BCUT2D eigenvalue weighted by atomic mass is 35.5. The van der Waals surface area contributed by atoms with Gasteiger partial charge in [-0.3, -0.25) is 5.32 Å². The van der Waals surface area contributed by atoms with Crippen molar-refractivity contribution in [2.45, 2.75) is 48.8 Å². The molecular formula is C22H21Cl2F4N3O3. The Morgan fingerprint density at radius 3 is 2.59 bits per heavy atom. The molecule has 12 heteroatoms. The second kappa shape index (κ2) is 9.77. The number of hydrogen-bond donors (Lipinski definition) is 3.